The zero-order chi connectivity index (χ0) is 24.6. The molecule has 3 aromatic carbocycles. The van der Waals surface area contributed by atoms with Gasteiger partial charge in [-0.1, -0.05) is 98.8 Å². The van der Waals surface area contributed by atoms with Gasteiger partial charge in [0.2, 0.25) is 5.89 Å². The quantitative estimate of drug-likeness (QED) is 0.290. The number of amides is 1. The maximum absolute atomic E-state index is 12.7. The number of carbonyl (C=O) groups is 1. The summed E-state index contributed by atoms with van der Waals surface area (Å²) in [6.07, 6.45) is 1.44. The predicted octanol–water partition coefficient (Wildman–Crippen LogP) is 6.49. The zero-order valence-corrected chi connectivity index (χ0v) is 20.6. The van der Waals surface area contributed by atoms with Gasteiger partial charge >= 0.3 is 0 Å². The summed E-state index contributed by atoms with van der Waals surface area (Å²) in [6.45, 7) is 8.37. The summed E-state index contributed by atoms with van der Waals surface area (Å²) in [5, 5.41) is 3.00. The van der Waals surface area contributed by atoms with E-state index in [0.717, 1.165) is 18.7 Å². The fourth-order valence-corrected chi connectivity index (χ4v) is 4.05. The van der Waals surface area contributed by atoms with Crippen molar-refractivity contribution in [3.63, 3.8) is 0 Å². The Morgan fingerprint density at radius 3 is 2.03 bits per heavy atom. The third-order valence-corrected chi connectivity index (χ3v) is 6.09. The lowest BCUT2D eigenvalue weighted by Crippen LogP contribution is -2.27. The van der Waals surface area contributed by atoms with Crippen LogP contribution in [0.15, 0.2) is 95.6 Å². The summed E-state index contributed by atoms with van der Waals surface area (Å²) in [7, 11) is 0. The summed E-state index contributed by atoms with van der Waals surface area (Å²) in [6, 6.07) is 28.9. The molecule has 5 nitrogen and oxygen atoms in total. The number of nitrogens with zero attached hydrogens (tertiary/aromatic N) is 2. The van der Waals surface area contributed by atoms with Crippen LogP contribution in [0.1, 0.15) is 71.4 Å². The minimum atomic E-state index is -0.241. The molecule has 0 bridgehead atoms. The van der Waals surface area contributed by atoms with Crippen molar-refractivity contribution < 1.29 is 9.21 Å². The largest absolute Gasteiger partial charge is 0.447 e. The van der Waals surface area contributed by atoms with E-state index in [4.69, 9.17) is 4.42 Å². The van der Waals surface area contributed by atoms with Crippen molar-refractivity contribution in [3.8, 4) is 0 Å². The highest BCUT2D eigenvalue weighted by molar-refractivity contribution is 5.92. The molecule has 5 heteroatoms. The van der Waals surface area contributed by atoms with Gasteiger partial charge in [0, 0.05) is 13.1 Å². The second-order valence-corrected chi connectivity index (χ2v) is 9.26. The van der Waals surface area contributed by atoms with Crippen molar-refractivity contribution in [2.45, 2.75) is 52.4 Å². The molecule has 4 rings (SSSR count). The molecule has 0 spiro atoms. The molecule has 1 unspecified atom stereocenters. The van der Waals surface area contributed by atoms with E-state index in [1.807, 2.05) is 55.5 Å². The highest BCUT2D eigenvalue weighted by Crippen LogP contribution is 2.19. The summed E-state index contributed by atoms with van der Waals surface area (Å²) in [5.41, 5.74) is 5.11. The molecule has 0 radical (unpaired) electrons. The molecule has 1 amide bonds. The normalized spacial score (nSPS) is 12.1. The third-order valence-electron chi connectivity index (χ3n) is 6.09. The molecule has 0 saturated carbocycles. The van der Waals surface area contributed by atoms with Crippen LogP contribution >= 0.6 is 0 Å². The second kappa shape index (κ2) is 11.6. The Morgan fingerprint density at radius 2 is 1.40 bits per heavy atom. The fraction of sp³-hybridized carbons (Fsp3) is 0.267. The van der Waals surface area contributed by atoms with Crippen LogP contribution in [0.4, 0.5) is 0 Å². The maximum Gasteiger partial charge on any atom is 0.273 e. The first-order valence-electron chi connectivity index (χ1n) is 12.1. The smallest absolute Gasteiger partial charge is 0.273 e. The van der Waals surface area contributed by atoms with Gasteiger partial charge in [0.1, 0.15) is 6.26 Å². The van der Waals surface area contributed by atoms with Gasteiger partial charge in [0.05, 0.1) is 12.6 Å². The number of hydrogen-bond donors (Lipinski definition) is 1. The molecular formula is C30H33N3O2. The van der Waals surface area contributed by atoms with Crippen LogP contribution in [-0.4, -0.2) is 15.8 Å². The van der Waals surface area contributed by atoms with Crippen molar-refractivity contribution in [1.82, 2.24) is 15.2 Å². The van der Waals surface area contributed by atoms with Crippen molar-refractivity contribution in [2.24, 2.45) is 0 Å². The number of hydrogen-bond acceptors (Lipinski definition) is 4. The van der Waals surface area contributed by atoms with Crippen LogP contribution < -0.4 is 5.32 Å². The van der Waals surface area contributed by atoms with E-state index in [1.54, 1.807) is 0 Å². The number of nitrogens with one attached hydrogen (secondary N) is 1. The van der Waals surface area contributed by atoms with Crippen LogP contribution in [-0.2, 0) is 19.6 Å². The molecule has 0 saturated heterocycles. The summed E-state index contributed by atoms with van der Waals surface area (Å²) in [5.74, 6) is 0.790. The van der Waals surface area contributed by atoms with Crippen LogP contribution in [0, 0.1) is 0 Å². The van der Waals surface area contributed by atoms with E-state index < -0.39 is 0 Å². The van der Waals surface area contributed by atoms with Gasteiger partial charge in [-0.05, 0) is 35.1 Å². The lowest BCUT2D eigenvalue weighted by Gasteiger charge is -2.21. The first kappa shape index (κ1) is 24.4. The van der Waals surface area contributed by atoms with E-state index in [0.29, 0.717) is 24.0 Å². The molecule has 1 atom stereocenters. The van der Waals surface area contributed by atoms with Gasteiger partial charge in [-0.25, -0.2) is 4.98 Å². The van der Waals surface area contributed by atoms with Gasteiger partial charge < -0.3 is 9.73 Å². The molecule has 35 heavy (non-hydrogen) atoms. The van der Waals surface area contributed by atoms with Crippen molar-refractivity contribution in [3.05, 3.63) is 125 Å². The van der Waals surface area contributed by atoms with Gasteiger partial charge in [-0.3, -0.25) is 9.69 Å². The van der Waals surface area contributed by atoms with E-state index in [1.165, 1.54) is 23.0 Å². The number of rotatable bonds is 10. The monoisotopic (exact) mass is 467 g/mol. The average molecular weight is 468 g/mol. The summed E-state index contributed by atoms with van der Waals surface area (Å²) < 4.78 is 5.72. The van der Waals surface area contributed by atoms with Crippen molar-refractivity contribution >= 4 is 5.91 Å². The molecule has 1 N–H and O–H groups in total. The SMILES string of the molecule is CC(C)c1ccc(CN(Cc2ccccc2)Cc2nc(C(=O)NC(C)c3ccccc3)co2)cc1. The lowest BCUT2D eigenvalue weighted by atomic mass is 10.0. The molecule has 0 fully saturated rings. The second-order valence-electron chi connectivity index (χ2n) is 9.26. The standard InChI is InChI=1S/C30H33N3O2/c1-22(2)26-16-14-25(15-17-26)19-33(18-24-10-6-4-7-11-24)20-29-32-28(21-35-29)30(34)31-23(3)27-12-8-5-9-13-27/h4-17,21-23H,18-20H2,1-3H3,(H,31,34). The average Bonchev–Trinajstić information content (AvgIpc) is 3.34. The van der Waals surface area contributed by atoms with Crippen LogP contribution in [0.5, 0.6) is 0 Å². The Balaban J connectivity index is 1.45. The molecular weight excluding hydrogens is 434 g/mol. The minimum Gasteiger partial charge on any atom is -0.447 e. The molecule has 0 aliphatic carbocycles. The number of carbonyl (C=O) groups excluding carboxylic acids is 1. The van der Waals surface area contributed by atoms with E-state index in [-0.39, 0.29) is 11.9 Å². The first-order chi connectivity index (χ1) is 17.0. The molecule has 1 heterocycles. The molecule has 1 aromatic heterocycles. The Hall–Kier alpha value is -3.70. The van der Waals surface area contributed by atoms with Gasteiger partial charge in [0.15, 0.2) is 5.69 Å². The highest BCUT2D eigenvalue weighted by Gasteiger charge is 2.18. The number of aromatic nitrogens is 1. The van der Waals surface area contributed by atoms with Gasteiger partial charge in [-0.15, -0.1) is 0 Å². The van der Waals surface area contributed by atoms with Crippen molar-refractivity contribution in [2.75, 3.05) is 0 Å². The Labute approximate surface area is 207 Å². The zero-order valence-electron chi connectivity index (χ0n) is 20.6. The van der Waals surface area contributed by atoms with E-state index >= 15 is 0 Å². The van der Waals surface area contributed by atoms with Crippen LogP contribution in [0.2, 0.25) is 0 Å². The summed E-state index contributed by atoms with van der Waals surface area (Å²) in [4.78, 5) is 19.5. The van der Waals surface area contributed by atoms with Gasteiger partial charge in [-0.2, -0.15) is 0 Å². The Morgan fingerprint density at radius 1 is 0.800 bits per heavy atom. The molecule has 0 aliphatic heterocycles. The predicted molar refractivity (Wildman–Crippen MR) is 139 cm³/mol. The third kappa shape index (κ3) is 6.90. The Bertz CT molecular complexity index is 1200. The van der Waals surface area contributed by atoms with Crippen LogP contribution in [0.25, 0.3) is 0 Å². The number of oxazole rings is 1. The maximum atomic E-state index is 12.7. The summed E-state index contributed by atoms with van der Waals surface area (Å²) >= 11 is 0. The first-order valence-corrected chi connectivity index (χ1v) is 12.1. The molecule has 0 aliphatic rings. The van der Waals surface area contributed by atoms with Crippen LogP contribution in [0.3, 0.4) is 0 Å². The number of benzene rings is 3. The Kier molecular flexibility index (Phi) is 8.11. The lowest BCUT2D eigenvalue weighted by molar-refractivity contribution is 0.0934. The molecule has 180 valence electrons. The topological polar surface area (TPSA) is 58.4 Å². The molecule has 4 aromatic rings. The van der Waals surface area contributed by atoms with Gasteiger partial charge in [0.25, 0.3) is 5.91 Å². The highest BCUT2D eigenvalue weighted by atomic mass is 16.3. The van der Waals surface area contributed by atoms with E-state index in [9.17, 15) is 4.79 Å². The minimum absolute atomic E-state index is 0.118. The van der Waals surface area contributed by atoms with Crippen molar-refractivity contribution in [1.29, 1.82) is 0 Å². The fourth-order valence-electron chi connectivity index (χ4n) is 4.05. The van der Waals surface area contributed by atoms with E-state index in [2.05, 4.69) is 65.4 Å².